The maximum Gasteiger partial charge on any atom is 0.423 e. The van der Waals surface area contributed by atoms with Gasteiger partial charge in [0.05, 0.1) is 22.3 Å². The molecule has 1 heterocycles. The summed E-state index contributed by atoms with van der Waals surface area (Å²) in [5.74, 6) is -0.493. The molecule has 2 N–H and O–H groups in total. The van der Waals surface area contributed by atoms with Crippen LogP contribution in [0.25, 0.3) is 0 Å². The lowest BCUT2D eigenvalue weighted by molar-refractivity contribution is -0.388. The maximum atomic E-state index is 13.3. The number of amides is 1. The van der Waals surface area contributed by atoms with Crippen LogP contribution in [-0.4, -0.2) is 15.8 Å². The summed E-state index contributed by atoms with van der Waals surface area (Å²) in [6.45, 7) is 0. The van der Waals surface area contributed by atoms with Gasteiger partial charge < -0.3 is 10.6 Å². The van der Waals surface area contributed by atoms with E-state index in [2.05, 4.69) is 10.6 Å². The standard InChI is InChI=1S/C20H15F3N4O5S/c21-20(22,23)15-10-13(5-8-17(15)27(31)32)24-16(18-2-1-9-33-18)11-19(28)25-12-3-6-14(7-4-12)26(29)30/h1-10,16,24H,11H2,(H,25,28). The van der Waals surface area contributed by atoms with E-state index in [0.29, 0.717) is 16.6 Å². The number of hydrogen-bond donors (Lipinski definition) is 2. The number of hydrogen-bond acceptors (Lipinski definition) is 7. The number of carbonyl (C=O) groups excluding carboxylic acids is 1. The zero-order valence-corrected chi connectivity index (χ0v) is 17.4. The van der Waals surface area contributed by atoms with E-state index in [1.165, 1.54) is 35.6 Å². The van der Waals surface area contributed by atoms with Crippen molar-refractivity contribution in [3.8, 4) is 0 Å². The number of nitro groups is 2. The topological polar surface area (TPSA) is 127 Å². The number of alkyl halides is 3. The first-order valence-electron chi connectivity index (χ1n) is 9.24. The first-order valence-corrected chi connectivity index (χ1v) is 10.1. The maximum absolute atomic E-state index is 13.3. The van der Waals surface area contributed by atoms with Crippen LogP contribution < -0.4 is 10.6 Å². The molecule has 3 aromatic rings. The molecule has 0 bridgehead atoms. The molecule has 33 heavy (non-hydrogen) atoms. The summed E-state index contributed by atoms with van der Waals surface area (Å²) in [5.41, 5.74) is -2.36. The number of rotatable bonds is 8. The van der Waals surface area contributed by atoms with Gasteiger partial charge in [0.15, 0.2) is 0 Å². The van der Waals surface area contributed by atoms with Crippen LogP contribution in [0, 0.1) is 20.2 Å². The highest BCUT2D eigenvalue weighted by atomic mass is 32.1. The highest BCUT2D eigenvalue weighted by molar-refractivity contribution is 7.10. The molecule has 1 aromatic heterocycles. The van der Waals surface area contributed by atoms with Gasteiger partial charge in [0.25, 0.3) is 11.4 Å². The molecule has 9 nitrogen and oxygen atoms in total. The normalized spacial score (nSPS) is 12.1. The molecule has 0 saturated carbocycles. The molecule has 0 radical (unpaired) electrons. The van der Waals surface area contributed by atoms with Crippen molar-refractivity contribution in [1.82, 2.24) is 0 Å². The lowest BCUT2D eigenvalue weighted by Crippen LogP contribution is -2.20. The second-order valence-electron chi connectivity index (χ2n) is 6.76. The van der Waals surface area contributed by atoms with Gasteiger partial charge in [-0.05, 0) is 35.7 Å². The minimum Gasteiger partial charge on any atom is -0.377 e. The van der Waals surface area contributed by atoms with Gasteiger partial charge in [0, 0.05) is 34.5 Å². The van der Waals surface area contributed by atoms with Crippen molar-refractivity contribution in [1.29, 1.82) is 0 Å². The van der Waals surface area contributed by atoms with Crippen LogP contribution in [0.15, 0.2) is 60.0 Å². The summed E-state index contributed by atoms with van der Waals surface area (Å²) in [4.78, 5) is 33.2. The SMILES string of the molecule is O=C(CC(Nc1ccc([N+](=O)[O-])c(C(F)(F)F)c1)c1cccs1)Nc1ccc([N+](=O)[O-])cc1. The largest absolute Gasteiger partial charge is 0.423 e. The Morgan fingerprint density at radius 2 is 1.67 bits per heavy atom. The Morgan fingerprint density at radius 1 is 1.00 bits per heavy atom. The van der Waals surface area contributed by atoms with E-state index in [1.54, 1.807) is 17.5 Å². The van der Waals surface area contributed by atoms with Crippen LogP contribution in [0.4, 0.5) is 35.9 Å². The predicted molar refractivity (Wildman–Crippen MR) is 115 cm³/mol. The molecule has 172 valence electrons. The number of nitrogens with zero attached hydrogens (tertiary/aromatic N) is 2. The molecule has 13 heteroatoms. The van der Waals surface area contributed by atoms with E-state index in [1.807, 2.05) is 0 Å². The Hall–Kier alpha value is -4.00. The van der Waals surface area contributed by atoms with E-state index in [0.717, 1.165) is 12.1 Å². The summed E-state index contributed by atoms with van der Waals surface area (Å²) >= 11 is 1.27. The number of nitrogens with one attached hydrogen (secondary N) is 2. The Morgan fingerprint density at radius 3 is 2.21 bits per heavy atom. The zero-order valence-electron chi connectivity index (χ0n) is 16.5. The molecule has 3 rings (SSSR count). The Labute approximate surface area is 188 Å². The molecule has 0 aliphatic rings. The van der Waals surface area contributed by atoms with Crippen LogP contribution in [0.1, 0.15) is 22.9 Å². The number of benzene rings is 2. The molecule has 0 saturated heterocycles. The van der Waals surface area contributed by atoms with E-state index in [9.17, 15) is 38.2 Å². The molecular weight excluding hydrogens is 465 g/mol. The van der Waals surface area contributed by atoms with Crippen molar-refractivity contribution in [2.45, 2.75) is 18.6 Å². The minimum atomic E-state index is -4.94. The fourth-order valence-corrected chi connectivity index (χ4v) is 3.77. The fourth-order valence-electron chi connectivity index (χ4n) is 2.99. The lowest BCUT2D eigenvalue weighted by Gasteiger charge is -2.19. The van der Waals surface area contributed by atoms with Gasteiger partial charge in [0.2, 0.25) is 5.91 Å². The van der Waals surface area contributed by atoms with Crippen LogP contribution in [0.2, 0.25) is 0 Å². The van der Waals surface area contributed by atoms with E-state index < -0.39 is 39.2 Å². The van der Waals surface area contributed by atoms with Gasteiger partial charge in [0.1, 0.15) is 5.56 Å². The minimum absolute atomic E-state index is 0.0468. The van der Waals surface area contributed by atoms with Crippen molar-refractivity contribution >= 4 is 40.0 Å². The third-order valence-electron chi connectivity index (χ3n) is 4.48. The number of nitro benzene ring substituents is 2. The molecule has 0 spiro atoms. The van der Waals surface area contributed by atoms with Crippen LogP contribution >= 0.6 is 11.3 Å². The predicted octanol–water partition coefficient (Wildman–Crippen LogP) is 5.77. The van der Waals surface area contributed by atoms with Gasteiger partial charge in [-0.1, -0.05) is 6.07 Å². The van der Waals surface area contributed by atoms with Crippen molar-refractivity contribution in [3.05, 3.63) is 90.6 Å². The van der Waals surface area contributed by atoms with E-state index in [4.69, 9.17) is 0 Å². The Kier molecular flexibility index (Phi) is 6.92. The number of thiophene rings is 1. The third kappa shape index (κ3) is 6.04. The molecule has 1 atom stereocenters. The molecule has 1 unspecified atom stereocenters. The van der Waals surface area contributed by atoms with Crippen molar-refractivity contribution in [3.63, 3.8) is 0 Å². The quantitative estimate of drug-likeness (QED) is 0.311. The number of halogens is 3. The Bertz CT molecular complexity index is 1170. The molecule has 0 aliphatic heterocycles. The monoisotopic (exact) mass is 480 g/mol. The average molecular weight is 480 g/mol. The van der Waals surface area contributed by atoms with Gasteiger partial charge in [-0.3, -0.25) is 25.0 Å². The zero-order chi connectivity index (χ0) is 24.2. The summed E-state index contributed by atoms with van der Waals surface area (Å²) in [5, 5.41) is 28.8. The number of carbonyl (C=O) groups is 1. The van der Waals surface area contributed by atoms with Crippen molar-refractivity contribution in [2.75, 3.05) is 10.6 Å². The third-order valence-corrected chi connectivity index (χ3v) is 5.46. The molecule has 0 aliphatic carbocycles. The first-order chi connectivity index (χ1) is 15.5. The number of non-ortho nitro benzene ring substituents is 1. The highest BCUT2D eigenvalue weighted by Gasteiger charge is 2.38. The van der Waals surface area contributed by atoms with Gasteiger partial charge in [-0.15, -0.1) is 11.3 Å². The second-order valence-corrected chi connectivity index (χ2v) is 7.73. The molecule has 0 fully saturated rings. The van der Waals surface area contributed by atoms with E-state index >= 15 is 0 Å². The van der Waals surface area contributed by atoms with Gasteiger partial charge in [-0.2, -0.15) is 13.2 Å². The van der Waals surface area contributed by atoms with Crippen LogP contribution in [0.5, 0.6) is 0 Å². The first kappa shape index (κ1) is 23.7. The smallest absolute Gasteiger partial charge is 0.377 e. The summed E-state index contributed by atoms with van der Waals surface area (Å²) in [7, 11) is 0. The second kappa shape index (κ2) is 9.65. The van der Waals surface area contributed by atoms with Gasteiger partial charge >= 0.3 is 6.18 Å². The molecule has 2 aromatic carbocycles. The van der Waals surface area contributed by atoms with Gasteiger partial charge in [-0.25, -0.2) is 0 Å². The highest BCUT2D eigenvalue weighted by Crippen LogP contribution is 2.38. The molecular formula is C20H15F3N4O5S. The van der Waals surface area contributed by atoms with E-state index in [-0.39, 0.29) is 17.8 Å². The number of anilines is 2. The molecule has 1 amide bonds. The summed E-state index contributed by atoms with van der Waals surface area (Å²) in [6, 6.07) is 10.4. The van der Waals surface area contributed by atoms with Crippen molar-refractivity contribution < 1.29 is 27.8 Å². The lowest BCUT2D eigenvalue weighted by atomic mass is 10.1. The average Bonchev–Trinajstić information content (AvgIpc) is 3.27. The Balaban J connectivity index is 1.80. The fraction of sp³-hybridized carbons (Fsp3) is 0.150. The van der Waals surface area contributed by atoms with Crippen LogP contribution in [0.3, 0.4) is 0 Å². The summed E-state index contributed by atoms with van der Waals surface area (Å²) in [6.07, 6.45) is -5.12. The van der Waals surface area contributed by atoms with Crippen LogP contribution in [-0.2, 0) is 11.0 Å². The summed E-state index contributed by atoms with van der Waals surface area (Å²) < 4.78 is 39.9. The van der Waals surface area contributed by atoms with Crippen molar-refractivity contribution in [2.24, 2.45) is 0 Å².